The van der Waals surface area contributed by atoms with Crippen LogP contribution in [0.15, 0.2) is 51.9 Å². The Labute approximate surface area is 202 Å². The fourth-order valence-electron chi connectivity index (χ4n) is 2.72. The molecular weight excluding hydrogens is 551 g/mol. The molecule has 202 valence electrons. The molecule has 2 aromatic carbocycles. The summed E-state index contributed by atoms with van der Waals surface area (Å²) in [5, 5.41) is -0.903. The fraction of sp³-hybridized carbons (Fsp3) is 0.143. The van der Waals surface area contributed by atoms with Gasteiger partial charge >= 0.3 is 36.4 Å². The highest BCUT2D eigenvalue weighted by molar-refractivity contribution is 5.92. The van der Waals surface area contributed by atoms with Gasteiger partial charge in [-0.15, -0.1) is 0 Å². The summed E-state index contributed by atoms with van der Waals surface area (Å²) in [6, 6.07) is 4.32. The molecule has 0 radical (unpaired) electrons. The van der Waals surface area contributed by atoms with E-state index in [1.165, 1.54) is 0 Å². The Balaban J connectivity index is 2.10. The summed E-state index contributed by atoms with van der Waals surface area (Å²) in [7, 11) is 0. The summed E-state index contributed by atoms with van der Waals surface area (Å²) in [6.07, 6.45) is -15.8. The van der Waals surface area contributed by atoms with Gasteiger partial charge in [0.25, 0.3) is 0 Å². The second kappa shape index (κ2) is 9.71. The van der Waals surface area contributed by atoms with Gasteiger partial charge in [-0.1, -0.05) is 12.1 Å². The zero-order valence-electron chi connectivity index (χ0n) is 17.7. The number of ether oxygens (including phenoxy) is 3. The highest BCUT2D eigenvalue weighted by atomic mass is 19.4. The van der Waals surface area contributed by atoms with E-state index in [-0.39, 0.29) is 11.6 Å². The summed E-state index contributed by atoms with van der Waals surface area (Å²) in [5.74, 6) is -11.2. The number of hydrogen-bond acceptors (Lipinski definition) is 8. The van der Waals surface area contributed by atoms with E-state index < -0.39 is 75.6 Å². The number of alkyl halides is 9. The predicted molar refractivity (Wildman–Crippen MR) is 103 cm³/mol. The van der Waals surface area contributed by atoms with Crippen LogP contribution in [0.2, 0.25) is 0 Å². The molecule has 3 rings (SSSR count). The molecule has 0 N–H and O–H groups in total. The Kier molecular flexibility index (Phi) is 7.16. The second-order valence-corrected chi connectivity index (χ2v) is 6.96. The fourth-order valence-corrected chi connectivity index (χ4v) is 2.72. The van der Waals surface area contributed by atoms with Crippen molar-refractivity contribution in [2.45, 2.75) is 18.5 Å². The van der Waals surface area contributed by atoms with E-state index in [0.717, 1.165) is 24.3 Å². The Bertz CT molecular complexity index is 1470. The standard InChI is InChI=1S/C21H7F9O8/c22-19(23,24)16(32)36-9-3-1-8(2-4-9)11-7-35-12-5-10(37-17(33)20(25,26)27)6-13(14(12)15(11)31)38-18(34)21(28,29)30/h1-7H. The predicted octanol–water partition coefficient (Wildman–Crippen LogP) is 4.86. The van der Waals surface area contributed by atoms with Gasteiger partial charge in [-0.25, -0.2) is 14.4 Å². The van der Waals surface area contributed by atoms with Crippen LogP contribution in [0.1, 0.15) is 0 Å². The normalized spacial score (nSPS) is 12.2. The zero-order valence-corrected chi connectivity index (χ0v) is 17.7. The molecule has 1 heterocycles. The average molecular weight is 558 g/mol. The molecule has 0 aliphatic rings. The molecule has 0 unspecified atom stereocenters. The van der Waals surface area contributed by atoms with E-state index in [1.54, 1.807) is 0 Å². The van der Waals surface area contributed by atoms with Crippen molar-refractivity contribution in [2.24, 2.45) is 0 Å². The van der Waals surface area contributed by atoms with Crippen molar-refractivity contribution in [1.82, 2.24) is 0 Å². The van der Waals surface area contributed by atoms with Crippen molar-refractivity contribution in [1.29, 1.82) is 0 Å². The SMILES string of the molecule is O=C(Oc1ccc(-c2coc3cc(OC(=O)C(F)(F)F)cc(OC(=O)C(F)(F)F)c3c2=O)cc1)C(F)(F)F. The Morgan fingerprint density at radius 3 is 1.63 bits per heavy atom. The first-order valence-electron chi connectivity index (χ1n) is 9.45. The van der Waals surface area contributed by atoms with E-state index >= 15 is 0 Å². The lowest BCUT2D eigenvalue weighted by Gasteiger charge is -2.13. The van der Waals surface area contributed by atoms with Crippen molar-refractivity contribution in [3.63, 3.8) is 0 Å². The number of carbonyl (C=O) groups excluding carboxylic acids is 3. The van der Waals surface area contributed by atoms with Crippen LogP contribution in [-0.4, -0.2) is 36.4 Å². The lowest BCUT2D eigenvalue weighted by molar-refractivity contribution is -0.190. The van der Waals surface area contributed by atoms with Crippen molar-refractivity contribution in [2.75, 3.05) is 0 Å². The molecule has 0 aliphatic heterocycles. The maximum atomic E-state index is 13.0. The number of halogens is 9. The lowest BCUT2D eigenvalue weighted by atomic mass is 10.0. The number of esters is 3. The number of hydrogen-bond donors (Lipinski definition) is 0. The van der Waals surface area contributed by atoms with Gasteiger partial charge in [0.2, 0.25) is 5.43 Å². The molecule has 0 bridgehead atoms. The molecule has 1 aromatic heterocycles. The molecule has 3 aromatic rings. The molecule has 0 aliphatic carbocycles. The molecule has 0 amide bonds. The van der Waals surface area contributed by atoms with Gasteiger partial charge in [0.1, 0.15) is 34.5 Å². The third-order valence-electron chi connectivity index (χ3n) is 4.30. The molecule has 17 heteroatoms. The highest BCUT2D eigenvalue weighted by Gasteiger charge is 2.43. The first-order valence-corrected chi connectivity index (χ1v) is 9.45. The molecule has 0 saturated carbocycles. The number of fused-ring (bicyclic) bond motifs is 1. The second-order valence-electron chi connectivity index (χ2n) is 6.96. The van der Waals surface area contributed by atoms with Crippen molar-refractivity contribution in [3.8, 4) is 28.4 Å². The van der Waals surface area contributed by atoms with E-state index in [4.69, 9.17) is 4.42 Å². The molecule has 0 saturated heterocycles. The van der Waals surface area contributed by atoms with Crippen molar-refractivity contribution < 1.29 is 72.5 Å². The minimum atomic E-state index is -5.62. The van der Waals surface area contributed by atoms with Crippen LogP contribution < -0.4 is 19.6 Å². The molecule has 0 fully saturated rings. The lowest BCUT2D eigenvalue weighted by Crippen LogP contribution is -2.29. The Hall–Kier alpha value is -4.57. The number of carbonyl (C=O) groups is 3. The van der Waals surface area contributed by atoms with Gasteiger partial charge in [-0.05, 0) is 17.7 Å². The first-order chi connectivity index (χ1) is 17.4. The molecule has 0 atom stereocenters. The number of rotatable bonds is 4. The van der Waals surface area contributed by atoms with Crippen molar-refractivity contribution in [3.05, 3.63) is 52.9 Å². The van der Waals surface area contributed by atoms with Gasteiger partial charge in [0, 0.05) is 12.1 Å². The van der Waals surface area contributed by atoms with Crippen LogP contribution in [0.3, 0.4) is 0 Å². The van der Waals surface area contributed by atoms with Gasteiger partial charge < -0.3 is 18.6 Å². The summed E-state index contributed by atoms with van der Waals surface area (Å²) < 4.78 is 130. The highest BCUT2D eigenvalue weighted by Crippen LogP contribution is 2.34. The molecule has 38 heavy (non-hydrogen) atoms. The van der Waals surface area contributed by atoms with Gasteiger partial charge in [0.15, 0.2) is 0 Å². The third-order valence-corrected chi connectivity index (χ3v) is 4.30. The Morgan fingerprint density at radius 2 is 1.13 bits per heavy atom. The first kappa shape index (κ1) is 28.0. The molecular formula is C21H7F9O8. The largest absolute Gasteiger partial charge is 0.491 e. The summed E-state index contributed by atoms with van der Waals surface area (Å²) in [5.41, 5.74) is -2.61. The van der Waals surface area contributed by atoms with Crippen molar-refractivity contribution >= 4 is 28.9 Å². The van der Waals surface area contributed by atoms with Gasteiger partial charge in [-0.3, -0.25) is 4.79 Å². The van der Waals surface area contributed by atoms with E-state index in [1.807, 2.05) is 0 Å². The van der Waals surface area contributed by atoms with E-state index in [2.05, 4.69) is 14.2 Å². The Morgan fingerprint density at radius 1 is 0.658 bits per heavy atom. The van der Waals surface area contributed by atoms with Crippen LogP contribution >= 0.6 is 0 Å². The zero-order chi connectivity index (χ0) is 28.6. The smallest absolute Gasteiger partial charge is 0.463 e. The average Bonchev–Trinajstić information content (AvgIpc) is 2.78. The van der Waals surface area contributed by atoms with Crippen LogP contribution in [0.25, 0.3) is 22.1 Å². The van der Waals surface area contributed by atoms with Crippen LogP contribution in [0, 0.1) is 0 Å². The third kappa shape index (κ3) is 6.22. The minimum Gasteiger partial charge on any atom is -0.463 e. The topological polar surface area (TPSA) is 109 Å². The molecule has 0 spiro atoms. The van der Waals surface area contributed by atoms with Gasteiger partial charge in [-0.2, -0.15) is 39.5 Å². The van der Waals surface area contributed by atoms with Crippen LogP contribution in [-0.2, 0) is 14.4 Å². The maximum Gasteiger partial charge on any atom is 0.491 e. The van der Waals surface area contributed by atoms with Crippen LogP contribution in [0.5, 0.6) is 17.2 Å². The van der Waals surface area contributed by atoms with Crippen LogP contribution in [0.4, 0.5) is 39.5 Å². The summed E-state index contributed by atoms with van der Waals surface area (Å²) >= 11 is 0. The minimum absolute atomic E-state index is 0.145. The molecule has 8 nitrogen and oxygen atoms in total. The monoisotopic (exact) mass is 558 g/mol. The van der Waals surface area contributed by atoms with E-state index in [9.17, 15) is 58.7 Å². The maximum absolute atomic E-state index is 13.0. The summed E-state index contributed by atoms with van der Waals surface area (Å²) in [4.78, 5) is 46.4. The van der Waals surface area contributed by atoms with Gasteiger partial charge in [0.05, 0.1) is 5.56 Å². The quantitative estimate of drug-likeness (QED) is 0.254. The number of benzene rings is 2. The summed E-state index contributed by atoms with van der Waals surface area (Å²) in [6.45, 7) is 0. The van der Waals surface area contributed by atoms with E-state index in [0.29, 0.717) is 12.3 Å².